The standard InChI is InChI=1S/C19H17F3N4OS3/c1-2-15(27)26(14-7-8-14)17-24-25-18(30-17)29-10-13-9-28-16(23-13)11-3-5-12(6-4-11)19(20,21)22/h3-6,9,14H,2,7-8,10H2,1H3. The zero-order valence-corrected chi connectivity index (χ0v) is 18.3. The summed E-state index contributed by atoms with van der Waals surface area (Å²) in [7, 11) is 0. The van der Waals surface area contributed by atoms with Crippen molar-refractivity contribution in [2.45, 2.75) is 48.5 Å². The number of hydrogen-bond donors (Lipinski definition) is 0. The largest absolute Gasteiger partial charge is 0.416 e. The van der Waals surface area contributed by atoms with Crippen molar-refractivity contribution in [3.05, 3.63) is 40.9 Å². The molecule has 4 rings (SSSR count). The zero-order chi connectivity index (χ0) is 21.3. The lowest BCUT2D eigenvalue weighted by Gasteiger charge is -2.17. The quantitative estimate of drug-likeness (QED) is 0.319. The molecule has 0 bridgehead atoms. The first kappa shape index (κ1) is 21.3. The van der Waals surface area contributed by atoms with Gasteiger partial charge in [0.05, 0.1) is 11.3 Å². The van der Waals surface area contributed by atoms with Crippen LogP contribution < -0.4 is 4.90 Å². The third kappa shape index (κ3) is 4.84. The maximum Gasteiger partial charge on any atom is 0.416 e. The van der Waals surface area contributed by atoms with Crippen molar-refractivity contribution in [2.24, 2.45) is 0 Å². The number of thioether (sulfide) groups is 1. The summed E-state index contributed by atoms with van der Waals surface area (Å²) in [5, 5.41) is 11.6. The van der Waals surface area contributed by atoms with E-state index in [1.54, 1.807) is 4.90 Å². The summed E-state index contributed by atoms with van der Waals surface area (Å²) in [4.78, 5) is 18.5. The highest BCUT2D eigenvalue weighted by Crippen LogP contribution is 2.37. The average molecular weight is 471 g/mol. The van der Waals surface area contributed by atoms with Gasteiger partial charge in [0, 0.05) is 29.2 Å². The van der Waals surface area contributed by atoms with Gasteiger partial charge < -0.3 is 0 Å². The second kappa shape index (κ2) is 8.64. The molecule has 158 valence electrons. The third-order valence-corrected chi connectivity index (χ3v) is 7.47. The fourth-order valence-electron chi connectivity index (χ4n) is 2.77. The molecule has 0 saturated heterocycles. The van der Waals surface area contributed by atoms with Crippen molar-refractivity contribution in [3.63, 3.8) is 0 Å². The predicted octanol–water partition coefficient (Wildman–Crippen LogP) is 5.88. The Labute approximate surface area is 183 Å². The number of alkyl halides is 3. The summed E-state index contributed by atoms with van der Waals surface area (Å²) < 4.78 is 38.9. The van der Waals surface area contributed by atoms with Crippen molar-refractivity contribution < 1.29 is 18.0 Å². The normalized spacial score (nSPS) is 14.1. The van der Waals surface area contributed by atoms with Crippen LogP contribution in [0.1, 0.15) is 37.4 Å². The number of aromatic nitrogens is 3. The molecule has 0 unspecified atom stereocenters. The topological polar surface area (TPSA) is 59.0 Å². The molecule has 0 radical (unpaired) electrons. The van der Waals surface area contributed by atoms with E-state index in [4.69, 9.17) is 0 Å². The Kier molecular flexibility index (Phi) is 6.12. The Bertz CT molecular complexity index is 1030. The van der Waals surface area contributed by atoms with Crippen LogP contribution in [0.3, 0.4) is 0 Å². The Morgan fingerprint density at radius 1 is 1.23 bits per heavy atom. The molecule has 1 aliphatic rings. The summed E-state index contributed by atoms with van der Waals surface area (Å²) in [5.41, 5.74) is 0.799. The average Bonchev–Trinajstić information content (AvgIpc) is 3.25. The van der Waals surface area contributed by atoms with Crippen molar-refractivity contribution in [2.75, 3.05) is 4.90 Å². The molecule has 0 aliphatic heterocycles. The number of rotatable bonds is 7. The first-order valence-electron chi connectivity index (χ1n) is 9.25. The molecule has 2 aromatic heterocycles. The van der Waals surface area contributed by atoms with Gasteiger partial charge in [-0.2, -0.15) is 13.2 Å². The molecule has 1 aliphatic carbocycles. The minimum atomic E-state index is -4.35. The van der Waals surface area contributed by atoms with E-state index in [1.807, 2.05) is 12.3 Å². The smallest absolute Gasteiger partial charge is 0.284 e. The monoisotopic (exact) mass is 470 g/mol. The molecule has 5 nitrogen and oxygen atoms in total. The van der Waals surface area contributed by atoms with E-state index in [-0.39, 0.29) is 11.9 Å². The minimum absolute atomic E-state index is 0.0610. The molecule has 1 amide bonds. The second-order valence-electron chi connectivity index (χ2n) is 6.71. The van der Waals surface area contributed by atoms with Crippen LogP contribution >= 0.6 is 34.4 Å². The van der Waals surface area contributed by atoms with Gasteiger partial charge in [-0.15, -0.1) is 21.5 Å². The van der Waals surface area contributed by atoms with E-state index in [9.17, 15) is 18.0 Å². The van der Waals surface area contributed by atoms with Crippen LogP contribution in [0.25, 0.3) is 10.6 Å². The van der Waals surface area contributed by atoms with Crippen molar-refractivity contribution in [3.8, 4) is 10.6 Å². The summed E-state index contributed by atoms with van der Waals surface area (Å²) in [6.45, 7) is 1.84. The van der Waals surface area contributed by atoms with Crippen LogP contribution in [0.2, 0.25) is 0 Å². The van der Waals surface area contributed by atoms with E-state index in [0.717, 1.165) is 35.0 Å². The Morgan fingerprint density at radius 2 is 1.97 bits per heavy atom. The van der Waals surface area contributed by atoms with Crippen LogP contribution in [0.15, 0.2) is 34.0 Å². The molecule has 1 saturated carbocycles. The molecule has 1 aromatic carbocycles. The van der Waals surface area contributed by atoms with Gasteiger partial charge in [-0.25, -0.2) is 4.98 Å². The van der Waals surface area contributed by atoms with E-state index in [1.165, 1.54) is 46.6 Å². The number of nitrogens with zero attached hydrogens (tertiary/aromatic N) is 4. The predicted molar refractivity (Wildman–Crippen MR) is 113 cm³/mol. The number of carbonyl (C=O) groups excluding carboxylic acids is 1. The van der Waals surface area contributed by atoms with Gasteiger partial charge in [-0.1, -0.05) is 42.2 Å². The number of thiazole rings is 1. The lowest BCUT2D eigenvalue weighted by atomic mass is 10.1. The van der Waals surface area contributed by atoms with Gasteiger partial charge in [0.15, 0.2) is 4.34 Å². The maximum atomic E-state index is 12.7. The van der Waals surface area contributed by atoms with E-state index < -0.39 is 11.7 Å². The van der Waals surface area contributed by atoms with Gasteiger partial charge >= 0.3 is 6.18 Å². The van der Waals surface area contributed by atoms with Crippen LogP contribution in [0.4, 0.5) is 18.3 Å². The number of anilines is 1. The fourth-order valence-corrected chi connectivity index (χ4v) is 5.53. The Morgan fingerprint density at radius 3 is 2.60 bits per heavy atom. The van der Waals surface area contributed by atoms with Gasteiger partial charge in [-0.3, -0.25) is 9.69 Å². The molecule has 30 heavy (non-hydrogen) atoms. The van der Waals surface area contributed by atoms with Crippen molar-refractivity contribution in [1.29, 1.82) is 0 Å². The fraction of sp³-hybridized carbons (Fsp3) is 0.368. The van der Waals surface area contributed by atoms with Gasteiger partial charge in [0.25, 0.3) is 0 Å². The molecule has 0 atom stereocenters. The number of amides is 1. The zero-order valence-electron chi connectivity index (χ0n) is 15.8. The first-order valence-corrected chi connectivity index (χ1v) is 11.9. The van der Waals surface area contributed by atoms with Crippen LogP contribution in [0.5, 0.6) is 0 Å². The summed E-state index contributed by atoms with van der Waals surface area (Å²) >= 11 is 4.26. The number of benzene rings is 1. The van der Waals surface area contributed by atoms with E-state index >= 15 is 0 Å². The van der Waals surface area contributed by atoms with Gasteiger partial charge in [0.1, 0.15) is 5.01 Å². The lowest BCUT2D eigenvalue weighted by molar-refractivity contribution is -0.137. The van der Waals surface area contributed by atoms with E-state index in [0.29, 0.717) is 27.9 Å². The summed E-state index contributed by atoms with van der Waals surface area (Å²) in [5.74, 6) is 0.627. The molecule has 3 aromatic rings. The van der Waals surface area contributed by atoms with Gasteiger partial charge in [0.2, 0.25) is 11.0 Å². The highest BCUT2D eigenvalue weighted by Gasteiger charge is 2.35. The summed E-state index contributed by atoms with van der Waals surface area (Å²) in [6.07, 6.45) is -1.91. The van der Waals surface area contributed by atoms with Crippen molar-refractivity contribution >= 4 is 45.5 Å². The number of halogens is 3. The van der Waals surface area contributed by atoms with Crippen LogP contribution in [-0.4, -0.2) is 27.1 Å². The van der Waals surface area contributed by atoms with Crippen LogP contribution in [0, 0.1) is 0 Å². The number of carbonyl (C=O) groups is 1. The summed E-state index contributed by atoms with van der Waals surface area (Å²) in [6, 6.07) is 5.25. The molecule has 2 heterocycles. The molecule has 0 spiro atoms. The molecule has 11 heteroatoms. The minimum Gasteiger partial charge on any atom is -0.284 e. The molecule has 0 N–H and O–H groups in total. The number of hydrogen-bond acceptors (Lipinski definition) is 7. The van der Waals surface area contributed by atoms with Crippen molar-refractivity contribution in [1.82, 2.24) is 15.2 Å². The Hall–Kier alpha value is -1.98. The SMILES string of the molecule is CCC(=O)N(c1nnc(SCc2csc(-c3ccc(C(F)(F)F)cc3)n2)s1)C1CC1. The maximum absolute atomic E-state index is 12.7. The Balaban J connectivity index is 1.39. The van der Waals surface area contributed by atoms with Crippen LogP contribution in [-0.2, 0) is 16.7 Å². The molecule has 1 fully saturated rings. The second-order valence-corrected chi connectivity index (χ2v) is 9.74. The highest BCUT2D eigenvalue weighted by atomic mass is 32.2. The third-order valence-electron chi connectivity index (χ3n) is 4.44. The molecular weight excluding hydrogens is 453 g/mol. The lowest BCUT2D eigenvalue weighted by Crippen LogP contribution is -2.32. The van der Waals surface area contributed by atoms with E-state index in [2.05, 4.69) is 15.2 Å². The molecular formula is C19H17F3N4OS3. The van der Waals surface area contributed by atoms with Gasteiger partial charge in [-0.05, 0) is 25.0 Å². The first-order chi connectivity index (χ1) is 14.3. The highest BCUT2D eigenvalue weighted by molar-refractivity contribution is 8.00.